The largest absolute Gasteiger partial charge is 0.356 e. The SMILES string of the molecule is CN=C(NCCn1ccnc1C)NCC1CC1.I. The molecular formula is C12H22IN5. The van der Waals surface area contributed by atoms with Gasteiger partial charge < -0.3 is 15.2 Å². The first kappa shape index (κ1) is 15.3. The second-order valence-electron chi connectivity index (χ2n) is 4.49. The Labute approximate surface area is 125 Å². The zero-order chi connectivity index (χ0) is 12.1. The molecular weight excluding hydrogens is 341 g/mol. The summed E-state index contributed by atoms with van der Waals surface area (Å²) in [6.07, 6.45) is 6.54. The monoisotopic (exact) mass is 363 g/mol. The molecule has 0 unspecified atom stereocenters. The zero-order valence-corrected chi connectivity index (χ0v) is 13.3. The minimum absolute atomic E-state index is 0. The Morgan fingerprint density at radius 1 is 1.50 bits per heavy atom. The molecule has 1 aromatic rings. The van der Waals surface area contributed by atoms with E-state index in [9.17, 15) is 0 Å². The summed E-state index contributed by atoms with van der Waals surface area (Å²) in [5, 5.41) is 6.65. The Hall–Kier alpha value is -0.790. The molecule has 1 fully saturated rings. The summed E-state index contributed by atoms with van der Waals surface area (Å²) < 4.78 is 2.13. The summed E-state index contributed by atoms with van der Waals surface area (Å²) in [6, 6.07) is 0. The fourth-order valence-corrected chi connectivity index (χ4v) is 1.72. The van der Waals surface area contributed by atoms with Gasteiger partial charge in [0.25, 0.3) is 0 Å². The molecule has 1 aliphatic rings. The first-order valence-corrected chi connectivity index (χ1v) is 6.22. The van der Waals surface area contributed by atoms with E-state index in [1.54, 1.807) is 0 Å². The van der Waals surface area contributed by atoms with Gasteiger partial charge in [0.1, 0.15) is 5.82 Å². The summed E-state index contributed by atoms with van der Waals surface area (Å²) in [7, 11) is 1.81. The summed E-state index contributed by atoms with van der Waals surface area (Å²) in [5.41, 5.74) is 0. The summed E-state index contributed by atoms with van der Waals surface area (Å²) in [6.45, 7) is 4.83. The quantitative estimate of drug-likeness (QED) is 0.472. The normalized spacial score (nSPS) is 15.1. The van der Waals surface area contributed by atoms with Crippen LogP contribution >= 0.6 is 24.0 Å². The van der Waals surface area contributed by atoms with Gasteiger partial charge in [-0.2, -0.15) is 0 Å². The molecule has 5 nitrogen and oxygen atoms in total. The van der Waals surface area contributed by atoms with Crippen LogP contribution < -0.4 is 10.6 Å². The summed E-state index contributed by atoms with van der Waals surface area (Å²) >= 11 is 0. The van der Waals surface area contributed by atoms with Gasteiger partial charge in [0, 0.05) is 39.1 Å². The number of rotatable bonds is 5. The van der Waals surface area contributed by atoms with E-state index in [0.717, 1.165) is 37.3 Å². The first-order chi connectivity index (χ1) is 8.29. The lowest BCUT2D eigenvalue weighted by atomic mass is 10.4. The predicted octanol–water partition coefficient (Wildman–Crippen LogP) is 1.38. The summed E-state index contributed by atoms with van der Waals surface area (Å²) in [5.74, 6) is 2.81. The molecule has 0 radical (unpaired) electrons. The summed E-state index contributed by atoms with van der Waals surface area (Å²) in [4.78, 5) is 8.39. The first-order valence-electron chi connectivity index (χ1n) is 6.22. The Morgan fingerprint density at radius 2 is 2.28 bits per heavy atom. The molecule has 18 heavy (non-hydrogen) atoms. The highest BCUT2D eigenvalue weighted by molar-refractivity contribution is 14.0. The Balaban J connectivity index is 0.00000162. The van der Waals surface area contributed by atoms with E-state index in [1.807, 2.05) is 26.4 Å². The van der Waals surface area contributed by atoms with Crippen molar-refractivity contribution in [3.63, 3.8) is 0 Å². The van der Waals surface area contributed by atoms with Gasteiger partial charge in [-0.3, -0.25) is 4.99 Å². The van der Waals surface area contributed by atoms with Crippen LogP contribution in [0.1, 0.15) is 18.7 Å². The van der Waals surface area contributed by atoms with E-state index < -0.39 is 0 Å². The lowest BCUT2D eigenvalue weighted by molar-refractivity contribution is 0.641. The van der Waals surface area contributed by atoms with Crippen LogP contribution in [0, 0.1) is 12.8 Å². The smallest absolute Gasteiger partial charge is 0.191 e. The lowest BCUT2D eigenvalue weighted by Crippen LogP contribution is -2.39. The molecule has 1 heterocycles. The second kappa shape index (κ2) is 7.60. The molecule has 0 bridgehead atoms. The Kier molecular flexibility index (Phi) is 6.45. The van der Waals surface area contributed by atoms with Crippen molar-refractivity contribution >= 4 is 29.9 Å². The van der Waals surface area contributed by atoms with Crippen molar-refractivity contribution in [1.82, 2.24) is 20.2 Å². The maximum Gasteiger partial charge on any atom is 0.191 e. The Bertz CT molecular complexity index is 384. The molecule has 102 valence electrons. The minimum atomic E-state index is 0. The fraction of sp³-hybridized carbons (Fsp3) is 0.667. The third kappa shape index (κ3) is 4.83. The van der Waals surface area contributed by atoms with E-state index in [1.165, 1.54) is 12.8 Å². The van der Waals surface area contributed by atoms with Crippen molar-refractivity contribution in [1.29, 1.82) is 0 Å². The molecule has 0 amide bonds. The van der Waals surface area contributed by atoms with Crippen molar-refractivity contribution in [2.45, 2.75) is 26.3 Å². The molecule has 0 atom stereocenters. The number of nitrogens with zero attached hydrogens (tertiary/aromatic N) is 3. The standard InChI is InChI=1S/C12H21N5.HI/c1-10-14-5-7-17(10)8-6-15-12(13-2)16-9-11-3-4-11;/h5,7,11H,3-4,6,8-9H2,1-2H3,(H2,13,15,16);1H. The number of aliphatic imine (C=N–C) groups is 1. The van der Waals surface area contributed by atoms with Gasteiger partial charge >= 0.3 is 0 Å². The van der Waals surface area contributed by atoms with Crippen molar-refractivity contribution in [3.05, 3.63) is 18.2 Å². The number of nitrogens with one attached hydrogen (secondary N) is 2. The van der Waals surface area contributed by atoms with Crippen molar-refractivity contribution in [2.75, 3.05) is 20.1 Å². The Morgan fingerprint density at radius 3 is 2.83 bits per heavy atom. The van der Waals surface area contributed by atoms with E-state index in [2.05, 4.69) is 25.2 Å². The average molecular weight is 363 g/mol. The molecule has 0 saturated heterocycles. The number of halogens is 1. The average Bonchev–Trinajstić information content (AvgIpc) is 3.07. The molecule has 1 aliphatic carbocycles. The highest BCUT2D eigenvalue weighted by Gasteiger charge is 2.20. The van der Waals surface area contributed by atoms with Crippen molar-refractivity contribution < 1.29 is 0 Å². The molecule has 1 saturated carbocycles. The molecule has 0 aliphatic heterocycles. The zero-order valence-electron chi connectivity index (χ0n) is 11.0. The van der Waals surface area contributed by atoms with Crippen LogP contribution in [-0.2, 0) is 6.54 Å². The molecule has 1 aromatic heterocycles. The topological polar surface area (TPSA) is 54.2 Å². The van der Waals surface area contributed by atoms with Crippen molar-refractivity contribution in [2.24, 2.45) is 10.9 Å². The number of aryl methyl sites for hydroxylation is 1. The number of hydrogen-bond donors (Lipinski definition) is 2. The third-order valence-electron chi connectivity index (χ3n) is 3.05. The number of aromatic nitrogens is 2. The van der Waals surface area contributed by atoms with Crippen molar-refractivity contribution in [3.8, 4) is 0 Å². The van der Waals surface area contributed by atoms with Crippen LogP contribution in [-0.4, -0.2) is 35.6 Å². The molecule has 2 N–H and O–H groups in total. The van der Waals surface area contributed by atoms with E-state index in [-0.39, 0.29) is 24.0 Å². The number of hydrogen-bond acceptors (Lipinski definition) is 2. The van der Waals surface area contributed by atoms with Gasteiger partial charge in [0.15, 0.2) is 5.96 Å². The van der Waals surface area contributed by atoms with Crippen LogP contribution in [0.5, 0.6) is 0 Å². The third-order valence-corrected chi connectivity index (χ3v) is 3.05. The lowest BCUT2D eigenvalue weighted by Gasteiger charge is -2.12. The van der Waals surface area contributed by atoms with Crippen LogP contribution in [0.15, 0.2) is 17.4 Å². The maximum atomic E-state index is 4.20. The van der Waals surface area contributed by atoms with Gasteiger partial charge in [0.05, 0.1) is 0 Å². The van der Waals surface area contributed by atoms with Crippen LogP contribution in [0.25, 0.3) is 0 Å². The number of guanidine groups is 1. The minimum Gasteiger partial charge on any atom is -0.356 e. The van der Waals surface area contributed by atoms with Gasteiger partial charge in [-0.1, -0.05) is 0 Å². The molecule has 2 rings (SSSR count). The van der Waals surface area contributed by atoms with E-state index >= 15 is 0 Å². The highest BCUT2D eigenvalue weighted by Crippen LogP contribution is 2.27. The number of imidazole rings is 1. The van der Waals surface area contributed by atoms with E-state index in [0.29, 0.717) is 0 Å². The van der Waals surface area contributed by atoms with Gasteiger partial charge in [0.2, 0.25) is 0 Å². The molecule has 0 aromatic carbocycles. The van der Waals surface area contributed by atoms with Crippen LogP contribution in [0.3, 0.4) is 0 Å². The molecule has 6 heteroatoms. The molecule has 0 spiro atoms. The van der Waals surface area contributed by atoms with Crippen LogP contribution in [0.2, 0.25) is 0 Å². The van der Waals surface area contributed by atoms with Gasteiger partial charge in [-0.15, -0.1) is 24.0 Å². The van der Waals surface area contributed by atoms with Gasteiger partial charge in [-0.05, 0) is 25.7 Å². The van der Waals surface area contributed by atoms with E-state index in [4.69, 9.17) is 0 Å². The highest BCUT2D eigenvalue weighted by atomic mass is 127. The predicted molar refractivity (Wildman–Crippen MR) is 84.5 cm³/mol. The van der Waals surface area contributed by atoms with Gasteiger partial charge in [-0.25, -0.2) is 4.98 Å². The maximum absolute atomic E-state index is 4.20. The fourth-order valence-electron chi connectivity index (χ4n) is 1.72. The second-order valence-corrected chi connectivity index (χ2v) is 4.49. The van der Waals surface area contributed by atoms with Crippen LogP contribution in [0.4, 0.5) is 0 Å².